The van der Waals surface area contributed by atoms with Crippen molar-refractivity contribution in [2.75, 3.05) is 96.8 Å². The van der Waals surface area contributed by atoms with E-state index in [0.717, 1.165) is 60.1 Å². The van der Waals surface area contributed by atoms with Crippen LogP contribution in [0.25, 0.3) is 21.1 Å². The topological polar surface area (TPSA) is 474 Å². The van der Waals surface area contributed by atoms with Gasteiger partial charge < -0.3 is 113 Å². The Hall–Kier alpha value is -7.61. The Morgan fingerprint density at radius 2 is 1.26 bits per heavy atom. The number of β-amino-alcohol motifs (C(OH)–C–C–N with tert-alkyl or cyclic N) is 1. The number of nitrogens with one attached hydrogen (secondary N) is 7. The largest absolute Gasteiger partial charge is 0.504 e. The number of nitrogens with zero attached hydrogens (tertiary/aromatic N) is 6. The van der Waals surface area contributed by atoms with Gasteiger partial charge in [0, 0.05) is 106 Å². The molecule has 0 unspecified atom stereocenters. The number of aliphatic hydroxyl groups is 10. The normalized spacial score (nSPS) is 27.1. The van der Waals surface area contributed by atoms with Crippen LogP contribution in [0.5, 0.6) is 11.5 Å². The van der Waals surface area contributed by atoms with Crippen LogP contribution in [0, 0.1) is 11.8 Å². The van der Waals surface area contributed by atoms with Gasteiger partial charge in [0.05, 0.1) is 75.1 Å². The average Bonchev–Trinajstić information content (AvgIpc) is 1.60. The summed E-state index contributed by atoms with van der Waals surface area (Å²) in [6.07, 6.45) is -7.43. The summed E-state index contributed by atoms with van der Waals surface area (Å²) in [7, 11) is 0. The lowest BCUT2D eigenvalue weighted by Crippen LogP contribution is -2.64. The van der Waals surface area contributed by atoms with Crippen LogP contribution in [0.1, 0.15) is 81.6 Å². The van der Waals surface area contributed by atoms with E-state index in [1.54, 1.807) is 12.1 Å². The predicted molar refractivity (Wildman–Crippen MR) is 371 cm³/mol. The highest BCUT2D eigenvalue weighted by Crippen LogP contribution is 2.34. The van der Waals surface area contributed by atoms with Crippen molar-refractivity contribution < 1.29 is 94.5 Å². The first-order valence-corrected chi connectivity index (χ1v) is 35.8. The lowest BCUT2D eigenvalue weighted by Gasteiger charge is -2.42. The van der Waals surface area contributed by atoms with Crippen molar-refractivity contribution in [3.05, 3.63) is 77.9 Å². The molecule has 1 aliphatic carbocycles. The molecule has 4 saturated heterocycles. The first kappa shape index (κ1) is 78.5. The van der Waals surface area contributed by atoms with E-state index in [9.17, 15) is 80.1 Å². The molecule has 7 amide bonds. The van der Waals surface area contributed by atoms with Gasteiger partial charge in [-0.1, -0.05) is 43.4 Å². The van der Waals surface area contributed by atoms with Crippen molar-refractivity contribution >= 4 is 58.4 Å². The Kier molecular flexibility index (Phi) is 28.3. The smallest absolute Gasteiger partial charge is 0.251 e. The van der Waals surface area contributed by atoms with Crippen LogP contribution in [-0.2, 0) is 35.2 Å². The second-order valence-electron chi connectivity index (χ2n) is 27.4. The van der Waals surface area contributed by atoms with Gasteiger partial charge >= 0.3 is 0 Å². The molecule has 5 fully saturated rings. The minimum absolute atomic E-state index is 0.0259. The molecule has 4 aliphatic heterocycles. The maximum absolute atomic E-state index is 15.1. The number of carbonyl (C=O) groups excluding carboxylic acids is 7. The van der Waals surface area contributed by atoms with E-state index >= 15 is 9.59 Å². The fourth-order valence-corrected chi connectivity index (χ4v) is 14.6. The number of aromatic nitrogens is 2. The van der Waals surface area contributed by atoms with Crippen molar-refractivity contribution in [3.8, 4) is 32.6 Å². The molecule has 33 heteroatoms. The maximum atomic E-state index is 15.1. The summed E-state index contributed by atoms with van der Waals surface area (Å²) in [5.41, 5.74) is 2.82. The molecule has 3 aromatic carbocycles. The van der Waals surface area contributed by atoms with E-state index in [-0.39, 0.29) is 62.1 Å². The summed E-state index contributed by atoms with van der Waals surface area (Å²) in [4.78, 5) is 110. The highest BCUT2D eigenvalue weighted by molar-refractivity contribution is 7.17. The lowest BCUT2D eigenvalue weighted by atomic mass is 9.86. The highest BCUT2D eigenvalue weighted by Gasteiger charge is 2.50. The van der Waals surface area contributed by atoms with Crippen LogP contribution in [-0.4, -0.2) is 305 Å². The monoisotopic (exact) mass is 1450 g/mol. The van der Waals surface area contributed by atoms with Gasteiger partial charge in [0.25, 0.3) is 5.91 Å². The van der Waals surface area contributed by atoms with Gasteiger partial charge in [-0.3, -0.25) is 38.5 Å². The Balaban J connectivity index is 0.963. The minimum Gasteiger partial charge on any atom is -0.504 e. The molecule has 102 heavy (non-hydrogen) atoms. The Bertz CT molecular complexity index is 3450. The standard InChI is InChI=1S/C69H99N13O19S/c1-37-4-13-46(14-5-37)79-21-23-80(24-22-79)47-15-11-43(12-16-47)67-78-77-66(102-67)42-9-7-41(8-10-42)61(94)73-50-28-48(88)30-72-65(98)59-60(93)38(2)31-82(59)69(100)58(53(91)18-19-70-44(33-83)34-84)76-64(97)57(54(92)26-40-6-17-52(90)55(27-40)101-25-20-71-45(35-85)36-86)75-63(96)51-29-49(89)32-81(51)68(99)56(39(3)87)74-62(50)95/h6-12,15-17,27,37-39,44-46,48-51,53-54,56-60,70-71,83-93H,4-5,13-14,18-26,28-36H2,1-3H3,(H,72,98)(H,73,94)(H,74,95)(H,75,96)(H,76,97)/t37?,38-,39+,46?,48+,49+,50-,51-,53+,54+,56-,57-,58-,59-,60-/m0/s1. The fourth-order valence-electron chi connectivity index (χ4n) is 13.7. The number of piperazine rings is 1. The van der Waals surface area contributed by atoms with Gasteiger partial charge in [0.15, 0.2) is 11.5 Å². The summed E-state index contributed by atoms with van der Waals surface area (Å²) >= 11 is 1.34. The SMILES string of the molecule is CC1CCC(N2CCN(c3ccc(-c4nnc(-c5ccc(C(=O)N[C@H]6C[C@@H](O)CNC(=O)[C@@H]7[C@@H](O)[C@@H](C)CN7C(=O)[C@H]([C@H](O)CCNC(CO)CO)NC(=O)[C@H]([C@H](O)Cc7ccc(O)c(OCCNC(CO)CO)c7)NC(=O)[C@@H]7C[C@@H](O)CN7C(=O)[C@H]([C@@H](C)O)NC6=O)cc5)s4)cc3)CC2)CC1. The molecule has 5 heterocycles. The number of aliphatic hydroxyl groups excluding tert-OH is 10. The first-order chi connectivity index (χ1) is 48.9. The summed E-state index contributed by atoms with van der Waals surface area (Å²) < 4.78 is 5.73. The van der Waals surface area contributed by atoms with E-state index in [4.69, 9.17) is 4.74 Å². The summed E-state index contributed by atoms with van der Waals surface area (Å²) in [5, 5.41) is 147. The molecule has 5 aliphatic rings. The molecular weight excluding hydrogens is 1350 g/mol. The van der Waals surface area contributed by atoms with Crippen LogP contribution in [0.15, 0.2) is 66.7 Å². The number of benzene rings is 3. The molecule has 1 saturated carbocycles. The minimum atomic E-state index is -2.14. The van der Waals surface area contributed by atoms with Crippen LogP contribution >= 0.6 is 11.3 Å². The van der Waals surface area contributed by atoms with Crippen LogP contribution in [0.3, 0.4) is 0 Å². The Labute approximate surface area is 594 Å². The number of carbonyl (C=O) groups is 7. The van der Waals surface area contributed by atoms with Crippen molar-refractivity contribution in [1.29, 1.82) is 0 Å². The third-order valence-electron chi connectivity index (χ3n) is 19.9. The molecule has 4 aromatic rings. The van der Waals surface area contributed by atoms with Crippen molar-refractivity contribution in [2.24, 2.45) is 11.8 Å². The van der Waals surface area contributed by atoms with E-state index in [0.29, 0.717) is 21.6 Å². The number of anilines is 1. The van der Waals surface area contributed by atoms with Gasteiger partial charge in [-0.05, 0) is 106 Å². The molecule has 9 rings (SSSR count). The molecular formula is C69H99N13O19S. The molecule has 0 spiro atoms. The number of aromatic hydroxyl groups is 1. The molecule has 0 radical (unpaired) electrons. The number of ether oxygens (including phenoxy) is 1. The third kappa shape index (κ3) is 20.0. The zero-order valence-electron chi connectivity index (χ0n) is 57.5. The zero-order valence-corrected chi connectivity index (χ0v) is 58.3. The molecule has 13 atom stereocenters. The first-order valence-electron chi connectivity index (χ1n) is 35.0. The van der Waals surface area contributed by atoms with Crippen molar-refractivity contribution in [2.45, 2.75) is 163 Å². The zero-order chi connectivity index (χ0) is 73.5. The number of hydrogen-bond acceptors (Lipinski definition) is 26. The van der Waals surface area contributed by atoms with Gasteiger partial charge in [-0.25, -0.2) is 0 Å². The summed E-state index contributed by atoms with van der Waals surface area (Å²) in [6, 6.07) is 6.02. The lowest BCUT2D eigenvalue weighted by molar-refractivity contribution is -0.147. The molecule has 0 bridgehead atoms. The number of phenols is 1. The van der Waals surface area contributed by atoms with E-state index in [1.165, 1.54) is 74.3 Å². The Morgan fingerprint density at radius 3 is 1.89 bits per heavy atom. The van der Waals surface area contributed by atoms with E-state index in [2.05, 4.69) is 76.3 Å². The summed E-state index contributed by atoms with van der Waals surface area (Å²) in [5.74, 6) is -8.37. The number of hydrogen-bond donors (Lipinski definition) is 18. The van der Waals surface area contributed by atoms with Crippen LogP contribution < -0.4 is 46.9 Å². The average molecular weight is 1450 g/mol. The van der Waals surface area contributed by atoms with Gasteiger partial charge in [0.1, 0.15) is 52.9 Å². The van der Waals surface area contributed by atoms with Crippen LogP contribution in [0.2, 0.25) is 0 Å². The number of rotatable bonds is 24. The number of phenolic OH excluding ortho intramolecular Hbond substituents is 1. The molecule has 1 aromatic heterocycles. The molecule has 32 nitrogen and oxygen atoms in total. The molecule has 560 valence electrons. The Morgan fingerprint density at radius 1 is 0.667 bits per heavy atom. The molecule has 18 N–H and O–H groups in total. The maximum Gasteiger partial charge on any atom is 0.251 e. The van der Waals surface area contributed by atoms with E-state index < -0.39 is 184 Å². The quantitative estimate of drug-likeness (QED) is 0.0296. The highest BCUT2D eigenvalue weighted by atomic mass is 32.1. The second-order valence-corrected chi connectivity index (χ2v) is 28.4. The second kappa shape index (κ2) is 36.7. The van der Waals surface area contributed by atoms with Crippen molar-refractivity contribution in [3.63, 3.8) is 0 Å². The van der Waals surface area contributed by atoms with Crippen LogP contribution in [0.4, 0.5) is 5.69 Å². The van der Waals surface area contributed by atoms with Gasteiger partial charge in [-0.2, -0.15) is 0 Å². The number of fused-ring (bicyclic) bond motifs is 2. The third-order valence-corrected chi connectivity index (χ3v) is 20.9. The predicted octanol–water partition coefficient (Wildman–Crippen LogP) is -4.12. The fraction of sp³-hybridized carbons (Fsp3) is 0.609. The van der Waals surface area contributed by atoms with Gasteiger partial charge in [0.2, 0.25) is 35.4 Å². The number of amides is 7. The van der Waals surface area contributed by atoms with Crippen molar-refractivity contribution in [1.82, 2.24) is 62.1 Å². The summed E-state index contributed by atoms with van der Waals surface area (Å²) in [6.45, 7) is 5.27. The van der Waals surface area contributed by atoms with Gasteiger partial charge in [-0.15, -0.1) is 10.2 Å². The van der Waals surface area contributed by atoms with E-state index in [1.807, 2.05) is 12.1 Å².